The predicted octanol–water partition coefficient (Wildman–Crippen LogP) is 1.43. The van der Waals surface area contributed by atoms with Crippen molar-refractivity contribution in [2.45, 2.75) is 32.2 Å². The normalized spacial score (nSPS) is 18.1. The highest BCUT2D eigenvalue weighted by Gasteiger charge is 2.35. The average Bonchev–Trinajstić information content (AvgIpc) is 2.86. The SMILES string of the molecule is CCN(C1CC1)S(=O)(=O)CCCCl. The third-order valence-electron chi connectivity index (χ3n) is 2.16. The first-order chi connectivity index (χ1) is 6.11. The molecule has 3 nitrogen and oxygen atoms in total. The number of hydrogen-bond acceptors (Lipinski definition) is 2. The van der Waals surface area contributed by atoms with E-state index in [4.69, 9.17) is 11.6 Å². The Morgan fingerprint density at radius 1 is 1.46 bits per heavy atom. The van der Waals surface area contributed by atoms with E-state index in [0.717, 1.165) is 12.8 Å². The van der Waals surface area contributed by atoms with Crippen LogP contribution in [0, 0.1) is 0 Å². The third kappa shape index (κ3) is 3.11. The standard InChI is InChI=1S/C8H16ClNO2S/c1-2-10(8-4-5-8)13(11,12)7-3-6-9/h8H,2-7H2,1H3. The zero-order valence-corrected chi connectivity index (χ0v) is 9.44. The molecular formula is C8H16ClNO2S. The first-order valence-electron chi connectivity index (χ1n) is 4.67. The van der Waals surface area contributed by atoms with Crippen molar-refractivity contribution < 1.29 is 8.42 Å². The van der Waals surface area contributed by atoms with Gasteiger partial charge in [0.15, 0.2) is 0 Å². The van der Waals surface area contributed by atoms with Crippen molar-refractivity contribution in [1.82, 2.24) is 4.31 Å². The van der Waals surface area contributed by atoms with Crippen LogP contribution in [-0.2, 0) is 10.0 Å². The molecule has 0 aromatic heterocycles. The molecule has 0 N–H and O–H groups in total. The second-order valence-corrected chi connectivity index (χ2v) is 5.71. The summed E-state index contributed by atoms with van der Waals surface area (Å²) in [4.78, 5) is 0. The molecule has 1 rings (SSSR count). The predicted molar refractivity (Wildman–Crippen MR) is 54.5 cm³/mol. The van der Waals surface area contributed by atoms with E-state index in [0.29, 0.717) is 18.8 Å². The van der Waals surface area contributed by atoms with Crippen LogP contribution in [0.1, 0.15) is 26.2 Å². The molecule has 0 aromatic carbocycles. The number of halogens is 1. The molecule has 0 atom stereocenters. The van der Waals surface area contributed by atoms with Gasteiger partial charge in [0.1, 0.15) is 0 Å². The maximum Gasteiger partial charge on any atom is 0.214 e. The lowest BCUT2D eigenvalue weighted by atomic mass is 10.6. The van der Waals surface area contributed by atoms with Crippen molar-refractivity contribution in [1.29, 1.82) is 0 Å². The lowest BCUT2D eigenvalue weighted by Crippen LogP contribution is -2.34. The monoisotopic (exact) mass is 225 g/mol. The van der Waals surface area contributed by atoms with Crippen molar-refractivity contribution in [3.05, 3.63) is 0 Å². The van der Waals surface area contributed by atoms with Gasteiger partial charge in [-0.3, -0.25) is 0 Å². The fourth-order valence-corrected chi connectivity index (χ4v) is 3.49. The van der Waals surface area contributed by atoms with Crippen LogP contribution in [0.4, 0.5) is 0 Å². The summed E-state index contributed by atoms with van der Waals surface area (Å²) in [5.74, 6) is 0.613. The van der Waals surface area contributed by atoms with Crippen LogP contribution in [0.5, 0.6) is 0 Å². The van der Waals surface area contributed by atoms with Crippen molar-refractivity contribution in [3.8, 4) is 0 Å². The first kappa shape index (κ1) is 11.3. The molecule has 0 unspecified atom stereocenters. The van der Waals surface area contributed by atoms with Crippen molar-refractivity contribution in [2.75, 3.05) is 18.2 Å². The van der Waals surface area contributed by atoms with E-state index in [1.54, 1.807) is 4.31 Å². The van der Waals surface area contributed by atoms with Crippen LogP contribution >= 0.6 is 11.6 Å². The van der Waals surface area contributed by atoms with Gasteiger partial charge in [-0.05, 0) is 19.3 Å². The van der Waals surface area contributed by atoms with Crippen LogP contribution in [0.25, 0.3) is 0 Å². The Balaban J connectivity index is 2.54. The summed E-state index contributed by atoms with van der Waals surface area (Å²) in [7, 11) is -3.02. The van der Waals surface area contributed by atoms with E-state index in [1.807, 2.05) is 6.92 Å². The molecule has 1 aliphatic rings. The first-order valence-corrected chi connectivity index (χ1v) is 6.81. The molecule has 0 spiro atoms. The zero-order chi connectivity index (χ0) is 9.90. The molecule has 0 aromatic rings. The van der Waals surface area contributed by atoms with E-state index < -0.39 is 10.0 Å². The Hall–Kier alpha value is 0.200. The van der Waals surface area contributed by atoms with Gasteiger partial charge in [0.25, 0.3) is 0 Å². The van der Waals surface area contributed by atoms with Gasteiger partial charge in [-0.25, -0.2) is 8.42 Å². The van der Waals surface area contributed by atoms with Gasteiger partial charge in [0, 0.05) is 18.5 Å². The summed E-state index contributed by atoms with van der Waals surface area (Å²) >= 11 is 5.47. The minimum absolute atomic E-state index is 0.195. The van der Waals surface area contributed by atoms with Crippen molar-refractivity contribution in [3.63, 3.8) is 0 Å². The van der Waals surface area contributed by atoms with Gasteiger partial charge >= 0.3 is 0 Å². The van der Waals surface area contributed by atoms with Crippen LogP contribution < -0.4 is 0 Å². The fourth-order valence-electron chi connectivity index (χ4n) is 1.40. The van der Waals surface area contributed by atoms with Gasteiger partial charge < -0.3 is 0 Å². The highest BCUT2D eigenvalue weighted by Crippen LogP contribution is 2.29. The van der Waals surface area contributed by atoms with Gasteiger partial charge in [-0.15, -0.1) is 11.6 Å². The summed E-state index contributed by atoms with van der Waals surface area (Å²) in [6.07, 6.45) is 2.59. The van der Waals surface area contributed by atoms with E-state index in [2.05, 4.69) is 0 Å². The second-order valence-electron chi connectivity index (χ2n) is 3.29. The highest BCUT2D eigenvalue weighted by molar-refractivity contribution is 7.89. The molecule has 0 aliphatic heterocycles. The van der Waals surface area contributed by atoms with Crippen LogP contribution in [0.2, 0.25) is 0 Å². The summed E-state index contributed by atoms with van der Waals surface area (Å²) in [5, 5.41) is 0. The summed E-state index contributed by atoms with van der Waals surface area (Å²) in [5.41, 5.74) is 0. The number of nitrogens with zero attached hydrogens (tertiary/aromatic N) is 1. The Labute approximate surface area is 85.1 Å². The van der Waals surface area contributed by atoms with E-state index in [-0.39, 0.29) is 11.8 Å². The minimum Gasteiger partial charge on any atom is -0.212 e. The Bertz CT molecular complexity index is 249. The smallest absolute Gasteiger partial charge is 0.212 e. The largest absolute Gasteiger partial charge is 0.214 e. The molecule has 0 heterocycles. The van der Waals surface area contributed by atoms with E-state index in [1.165, 1.54) is 0 Å². The lowest BCUT2D eigenvalue weighted by molar-refractivity contribution is 0.420. The molecule has 0 saturated heterocycles. The number of hydrogen-bond donors (Lipinski definition) is 0. The topological polar surface area (TPSA) is 37.4 Å². The lowest BCUT2D eigenvalue weighted by Gasteiger charge is -2.19. The second kappa shape index (κ2) is 4.62. The molecule has 1 fully saturated rings. The third-order valence-corrected chi connectivity index (χ3v) is 4.50. The van der Waals surface area contributed by atoms with Gasteiger partial charge in [0.05, 0.1) is 5.75 Å². The number of sulfonamides is 1. The fraction of sp³-hybridized carbons (Fsp3) is 1.00. The minimum atomic E-state index is -3.02. The van der Waals surface area contributed by atoms with Crippen LogP contribution in [0.3, 0.4) is 0 Å². The van der Waals surface area contributed by atoms with Crippen molar-refractivity contribution in [2.24, 2.45) is 0 Å². The highest BCUT2D eigenvalue weighted by atomic mass is 35.5. The van der Waals surface area contributed by atoms with Gasteiger partial charge in [-0.2, -0.15) is 4.31 Å². The molecule has 78 valence electrons. The molecule has 1 aliphatic carbocycles. The Morgan fingerprint density at radius 3 is 2.46 bits per heavy atom. The maximum atomic E-state index is 11.7. The molecular weight excluding hydrogens is 210 g/mol. The molecule has 5 heteroatoms. The zero-order valence-electron chi connectivity index (χ0n) is 7.87. The summed E-state index contributed by atoms with van der Waals surface area (Å²) < 4.78 is 24.9. The van der Waals surface area contributed by atoms with Crippen LogP contribution in [0.15, 0.2) is 0 Å². The Kier molecular flexibility index (Phi) is 4.01. The number of alkyl halides is 1. The Morgan fingerprint density at radius 2 is 2.08 bits per heavy atom. The average molecular weight is 226 g/mol. The van der Waals surface area contributed by atoms with Gasteiger partial charge in [0.2, 0.25) is 10.0 Å². The van der Waals surface area contributed by atoms with Crippen LogP contribution in [-0.4, -0.2) is 36.9 Å². The molecule has 13 heavy (non-hydrogen) atoms. The number of rotatable bonds is 6. The molecule has 0 radical (unpaired) electrons. The summed E-state index contributed by atoms with van der Waals surface area (Å²) in [6, 6.07) is 0.283. The van der Waals surface area contributed by atoms with E-state index in [9.17, 15) is 8.42 Å². The quantitative estimate of drug-likeness (QED) is 0.642. The van der Waals surface area contributed by atoms with E-state index >= 15 is 0 Å². The summed E-state index contributed by atoms with van der Waals surface area (Å²) in [6.45, 7) is 2.48. The van der Waals surface area contributed by atoms with Gasteiger partial charge in [-0.1, -0.05) is 6.92 Å². The van der Waals surface area contributed by atoms with Crippen molar-refractivity contribution >= 4 is 21.6 Å². The molecule has 0 bridgehead atoms. The molecule has 0 amide bonds. The molecule has 1 saturated carbocycles. The maximum absolute atomic E-state index is 11.7.